The van der Waals surface area contributed by atoms with Crippen molar-refractivity contribution >= 4 is 17.9 Å². The van der Waals surface area contributed by atoms with E-state index in [0.29, 0.717) is 13.2 Å². The van der Waals surface area contributed by atoms with Gasteiger partial charge in [0.2, 0.25) is 5.91 Å². The highest BCUT2D eigenvalue weighted by Gasteiger charge is 2.35. The largest absolute Gasteiger partial charge is 0.480 e. The Morgan fingerprint density at radius 2 is 2.32 bits per heavy atom. The monoisotopic (exact) mass is 273 g/mol. The molecule has 2 unspecified atom stereocenters. The minimum absolute atomic E-state index is 0.0742. The molecule has 0 bridgehead atoms. The van der Waals surface area contributed by atoms with Gasteiger partial charge in [-0.1, -0.05) is 6.92 Å². The molecule has 0 aromatic heterocycles. The second kappa shape index (κ2) is 6.93. The SMILES string of the molecule is COCC(C)CNC(=O)N1CC(=O)NCC1C(=O)O. The lowest BCUT2D eigenvalue weighted by Gasteiger charge is -2.32. The molecule has 0 aromatic rings. The van der Waals surface area contributed by atoms with Crippen molar-refractivity contribution in [3.8, 4) is 0 Å². The van der Waals surface area contributed by atoms with Crippen molar-refractivity contribution < 1.29 is 24.2 Å². The normalized spacial score (nSPS) is 20.6. The summed E-state index contributed by atoms with van der Waals surface area (Å²) in [5.74, 6) is -1.39. The number of rotatable bonds is 5. The summed E-state index contributed by atoms with van der Waals surface area (Å²) in [6.45, 7) is 2.41. The Morgan fingerprint density at radius 3 is 2.89 bits per heavy atom. The number of methoxy groups -OCH3 is 1. The van der Waals surface area contributed by atoms with E-state index in [2.05, 4.69) is 10.6 Å². The van der Waals surface area contributed by atoms with Crippen molar-refractivity contribution in [1.29, 1.82) is 0 Å². The number of hydrogen-bond acceptors (Lipinski definition) is 4. The zero-order valence-electron chi connectivity index (χ0n) is 11.0. The average Bonchev–Trinajstić information content (AvgIpc) is 2.35. The summed E-state index contributed by atoms with van der Waals surface area (Å²) in [4.78, 5) is 35.2. The number of carbonyl (C=O) groups is 3. The van der Waals surface area contributed by atoms with Gasteiger partial charge in [0, 0.05) is 20.2 Å². The van der Waals surface area contributed by atoms with Crippen LogP contribution in [0.3, 0.4) is 0 Å². The molecule has 1 aliphatic rings. The third kappa shape index (κ3) is 4.40. The molecule has 0 saturated carbocycles. The molecule has 0 radical (unpaired) electrons. The zero-order valence-corrected chi connectivity index (χ0v) is 11.0. The highest BCUT2D eigenvalue weighted by Crippen LogP contribution is 2.05. The molecular formula is C11H19N3O5. The van der Waals surface area contributed by atoms with Crippen molar-refractivity contribution in [2.24, 2.45) is 5.92 Å². The van der Waals surface area contributed by atoms with Gasteiger partial charge in [0.15, 0.2) is 0 Å². The molecule has 2 atom stereocenters. The first kappa shape index (κ1) is 15.2. The first-order valence-electron chi connectivity index (χ1n) is 5.98. The predicted molar refractivity (Wildman–Crippen MR) is 65.6 cm³/mol. The number of nitrogens with zero attached hydrogens (tertiary/aromatic N) is 1. The molecule has 1 saturated heterocycles. The number of carbonyl (C=O) groups excluding carboxylic acids is 2. The topological polar surface area (TPSA) is 108 Å². The average molecular weight is 273 g/mol. The van der Waals surface area contributed by atoms with E-state index in [1.807, 2.05) is 6.92 Å². The Labute approximate surface area is 111 Å². The van der Waals surface area contributed by atoms with Crippen LogP contribution in [0.4, 0.5) is 4.79 Å². The summed E-state index contributed by atoms with van der Waals surface area (Å²) in [5, 5.41) is 14.0. The number of nitrogens with one attached hydrogen (secondary N) is 2. The smallest absolute Gasteiger partial charge is 0.328 e. The molecule has 1 heterocycles. The van der Waals surface area contributed by atoms with Crippen LogP contribution in [0, 0.1) is 5.92 Å². The van der Waals surface area contributed by atoms with E-state index in [1.165, 1.54) is 0 Å². The number of carboxylic acid groups (broad SMARTS) is 1. The molecular weight excluding hydrogens is 254 g/mol. The van der Waals surface area contributed by atoms with Crippen LogP contribution in [-0.2, 0) is 14.3 Å². The molecule has 0 spiro atoms. The summed E-state index contributed by atoms with van der Waals surface area (Å²) >= 11 is 0. The van der Waals surface area contributed by atoms with Gasteiger partial charge in [-0.15, -0.1) is 0 Å². The standard InChI is InChI=1S/C11H19N3O5/c1-7(6-19-2)3-13-11(18)14-5-9(15)12-4-8(14)10(16)17/h7-8H,3-6H2,1-2H3,(H,12,15)(H,13,18)(H,16,17). The van der Waals surface area contributed by atoms with Gasteiger partial charge in [0.25, 0.3) is 0 Å². The number of carboxylic acids is 1. The molecule has 1 aliphatic heterocycles. The lowest BCUT2D eigenvalue weighted by Crippen LogP contribution is -2.61. The van der Waals surface area contributed by atoms with Crippen molar-refractivity contribution in [3.63, 3.8) is 0 Å². The minimum atomic E-state index is -1.14. The summed E-state index contributed by atoms with van der Waals surface area (Å²) in [5.41, 5.74) is 0. The van der Waals surface area contributed by atoms with Crippen LogP contribution < -0.4 is 10.6 Å². The first-order chi connectivity index (χ1) is 8.95. The van der Waals surface area contributed by atoms with E-state index in [0.717, 1.165) is 4.90 Å². The van der Waals surface area contributed by atoms with Crippen LogP contribution in [0.1, 0.15) is 6.92 Å². The Morgan fingerprint density at radius 1 is 1.63 bits per heavy atom. The summed E-state index contributed by atoms with van der Waals surface area (Å²) in [7, 11) is 1.56. The third-order valence-corrected chi connectivity index (χ3v) is 2.78. The van der Waals surface area contributed by atoms with Gasteiger partial charge in [0.05, 0.1) is 6.61 Å². The molecule has 3 amide bonds. The Balaban J connectivity index is 2.56. The molecule has 1 fully saturated rings. The fourth-order valence-electron chi connectivity index (χ4n) is 1.78. The van der Waals surface area contributed by atoms with E-state index in [1.54, 1.807) is 7.11 Å². The molecule has 8 heteroatoms. The second-order valence-electron chi connectivity index (χ2n) is 4.53. The van der Waals surface area contributed by atoms with E-state index in [9.17, 15) is 14.4 Å². The van der Waals surface area contributed by atoms with Gasteiger partial charge < -0.3 is 20.5 Å². The van der Waals surface area contributed by atoms with Gasteiger partial charge in [-0.05, 0) is 5.92 Å². The van der Waals surface area contributed by atoms with Crippen molar-refractivity contribution in [3.05, 3.63) is 0 Å². The molecule has 108 valence electrons. The Bertz CT molecular complexity index is 360. The van der Waals surface area contributed by atoms with Gasteiger partial charge in [-0.25, -0.2) is 9.59 Å². The molecule has 1 rings (SSSR count). The fraction of sp³-hybridized carbons (Fsp3) is 0.727. The van der Waals surface area contributed by atoms with E-state index in [-0.39, 0.29) is 24.9 Å². The van der Waals surface area contributed by atoms with Gasteiger partial charge >= 0.3 is 12.0 Å². The number of piperazine rings is 1. The maximum absolute atomic E-state index is 11.9. The lowest BCUT2D eigenvalue weighted by molar-refractivity contribution is -0.144. The summed E-state index contributed by atoms with van der Waals surface area (Å²) in [6, 6.07) is -1.58. The zero-order chi connectivity index (χ0) is 14.4. The van der Waals surface area contributed by atoms with Crippen LogP contribution in [-0.4, -0.2) is 67.3 Å². The van der Waals surface area contributed by atoms with Crippen molar-refractivity contribution in [2.45, 2.75) is 13.0 Å². The predicted octanol–water partition coefficient (Wildman–Crippen LogP) is -1.14. The Kier molecular flexibility index (Phi) is 5.56. The van der Waals surface area contributed by atoms with Crippen LogP contribution in [0.2, 0.25) is 0 Å². The number of amides is 3. The van der Waals surface area contributed by atoms with Crippen LogP contribution in [0.25, 0.3) is 0 Å². The highest BCUT2D eigenvalue weighted by molar-refractivity contribution is 5.90. The molecule has 3 N–H and O–H groups in total. The fourth-order valence-corrected chi connectivity index (χ4v) is 1.78. The number of hydrogen-bond donors (Lipinski definition) is 3. The van der Waals surface area contributed by atoms with Crippen LogP contribution in [0.5, 0.6) is 0 Å². The van der Waals surface area contributed by atoms with Gasteiger partial charge in [-0.2, -0.15) is 0 Å². The Hall–Kier alpha value is -1.83. The number of ether oxygens (including phenoxy) is 1. The lowest BCUT2D eigenvalue weighted by atomic mass is 10.2. The summed E-state index contributed by atoms with van der Waals surface area (Å²) < 4.78 is 4.93. The van der Waals surface area contributed by atoms with E-state index < -0.39 is 18.0 Å². The van der Waals surface area contributed by atoms with E-state index >= 15 is 0 Å². The van der Waals surface area contributed by atoms with Gasteiger partial charge in [-0.3, -0.25) is 9.69 Å². The maximum Gasteiger partial charge on any atom is 0.328 e. The van der Waals surface area contributed by atoms with Crippen molar-refractivity contribution in [1.82, 2.24) is 15.5 Å². The van der Waals surface area contributed by atoms with Crippen LogP contribution >= 0.6 is 0 Å². The second-order valence-corrected chi connectivity index (χ2v) is 4.53. The maximum atomic E-state index is 11.9. The molecule has 19 heavy (non-hydrogen) atoms. The third-order valence-electron chi connectivity index (χ3n) is 2.78. The molecule has 8 nitrogen and oxygen atoms in total. The quantitative estimate of drug-likeness (QED) is 0.587. The number of urea groups is 1. The van der Waals surface area contributed by atoms with E-state index in [4.69, 9.17) is 9.84 Å². The minimum Gasteiger partial charge on any atom is -0.480 e. The molecule has 0 aromatic carbocycles. The van der Waals surface area contributed by atoms with Crippen LogP contribution in [0.15, 0.2) is 0 Å². The number of aliphatic carboxylic acids is 1. The highest BCUT2D eigenvalue weighted by atomic mass is 16.5. The summed E-state index contributed by atoms with van der Waals surface area (Å²) in [6.07, 6.45) is 0. The van der Waals surface area contributed by atoms with Crippen molar-refractivity contribution in [2.75, 3.05) is 33.4 Å². The van der Waals surface area contributed by atoms with Gasteiger partial charge in [0.1, 0.15) is 12.6 Å². The first-order valence-corrected chi connectivity index (χ1v) is 5.98. The molecule has 0 aliphatic carbocycles.